The van der Waals surface area contributed by atoms with Crippen LogP contribution in [-0.4, -0.2) is 23.9 Å². The van der Waals surface area contributed by atoms with Gasteiger partial charge in [0.2, 0.25) is 11.8 Å². The lowest BCUT2D eigenvalue weighted by Gasteiger charge is -2.30. The van der Waals surface area contributed by atoms with Gasteiger partial charge in [0.1, 0.15) is 0 Å². The molecule has 5 heteroatoms. The highest BCUT2D eigenvalue weighted by Gasteiger charge is 2.29. The van der Waals surface area contributed by atoms with E-state index in [-0.39, 0.29) is 35.7 Å². The van der Waals surface area contributed by atoms with Crippen LogP contribution in [0.3, 0.4) is 0 Å². The second-order valence-corrected chi connectivity index (χ2v) is 8.59. The Hall–Kier alpha value is -1.36. The molecule has 1 aliphatic rings. The van der Waals surface area contributed by atoms with Crippen LogP contribution in [0, 0.1) is 11.8 Å². The van der Waals surface area contributed by atoms with Crippen LogP contribution in [0.15, 0.2) is 28.7 Å². The zero-order valence-electron chi connectivity index (χ0n) is 16.1. The number of amides is 2. The monoisotopic (exact) mass is 422 g/mol. The van der Waals surface area contributed by atoms with E-state index in [9.17, 15) is 9.59 Å². The van der Waals surface area contributed by atoms with Crippen molar-refractivity contribution in [2.75, 3.05) is 0 Å². The number of hydrogen-bond donors (Lipinski definition) is 2. The molecule has 0 heterocycles. The van der Waals surface area contributed by atoms with Crippen molar-refractivity contribution in [1.29, 1.82) is 0 Å². The maximum Gasteiger partial charge on any atom is 0.223 e. The van der Waals surface area contributed by atoms with E-state index < -0.39 is 0 Å². The largest absolute Gasteiger partial charge is 0.354 e. The molecule has 144 valence electrons. The van der Waals surface area contributed by atoms with E-state index >= 15 is 0 Å². The third-order valence-electron chi connectivity index (χ3n) is 5.06. The van der Waals surface area contributed by atoms with Crippen molar-refractivity contribution in [1.82, 2.24) is 10.6 Å². The minimum atomic E-state index is -0.0332. The van der Waals surface area contributed by atoms with Crippen molar-refractivity contribution in [3.8, 4) is 0 Å². The summed E-state index contributed by atoms with van der Waals surface area (Å²) < 4.78 is 1.04. The number of carbonyl (C=O) groups is 2. The van der Waals surface area contributed by atoms with E-state index in [2.05, 4.69) is 45.6 Å². The van der Waals surface area contributed by atoms with Crippen LogP contribution in [0.5, 0.6) is 0 Å². The van der Waals surface area contributed by atoms with Crippen LogP contribution >= 0.6 is 15.9 Å². The standard InChI is InChI=1S/C21H31BrN2O2/c1-4-16(11-15-7-5-9-18(22)12-15)20(25)24-19-10-6-8-17(13-19)21(26)23-14(2)3/h5,7,9,12,14,16-17,19H,4,6,8,10-11,13H2,1-3H3,(H,23,26)(H,24,25). The zero-order valence-corrected chi connectivity index (χ0v) is 17.6. The highest BCUT2D eigenvalue weighted by molar-refractivity contribution is 9.10. The molecule has 1 fully saturated rings. The average Bonchev–Trinajstić information content (AvgIpc) is 2.59. The SMILES string of the molecule is CCC(Cc1cccc(Br)c1)C(=O)NC1CCCC(C(=O)NC(C)C)C1. The Morgan fingerprint density at radius 1 is 1.27 bits per heavy atom. The fourth-order valence-corrected chi connectivity index (χ4v) is 4.10. The topological polar surface area (TPSA) is 58.2 Å². The highest BCUT2D eigenvalue weighted by Crippen LogP contribution is 2.25. The van der Waals surface area contributed by atoms with Crippen molar-refractivity contribution >= 4 is 27.7 Å². The van der Waals surface area contributed by atoms with Crippen molar-refractivity contribution in [2.24, 2.45) is 11.8 Å². The molecule has 0 aliphatic heterocycles. The smallest absolute Gasteiger partial charge is 0.223 e. The summed E-state index contributed by atoms with van der Waals surface area (Å²) in [6, 6.07) is 8.40. The molecule has 0 saturated heterocycles. The molecule has 2 amide bonds. The molecule has 1 saturated carbocycles. The molecule has 1 aromatic rings. The summed E-state index contributed by atoms with van der Waals surface area (Å²) in [5, 5.41) is 6.21. The molecule has 1 aliphatic carbocycles. The molecule has 0 aromatic heterocycles. The molecular formula is C21H31BrN2O2. The molecule has 3 atom stereocenters. The summed E-state index contributed by atoms with van der Waals surface area (Å²) >= 11 is 3.49. The predicted molar refractivity (Wildman–Crippen MR) is 109 cm³/mol. The molecule has 0 spiro atoms. The van der Waals surface area contributed by atoms with E-state index in [1.165, 1.54) is 5.56 Å². The summed E-state index contributed by atoms with van der Waals surface area (Å²) in [6.07, 6.45) is 5.17. The average molecular weight is 423 g/mol. The normalized spacial score (nSPS) is 21.3. The van der Waals surface area contributed by atoms with Gasteiger partial charge in [-0.2, -0.15) is 0 Å². The summed E-state index contributed by atoms with van der Waals surface area (Å²) in [7, 11) is 0. The summed E-state index contributed by atoms with van der Waals surface area (Å²) in [5.74, 6) is 0.221. The van der Waals surface area contributed by atoms with Crippen LogP contribution in [0.4, 0.5) is 0 Å². The summed E-state index contributed by atoms with van der Waals surface area (Å²) in [5.41, 5.74) is 1.17. The number of nitrogens with one attached hydrogen (secondary N) is 2. The first-order chi connectivity index (χ1) is 12.4. The van der Waals surface area contributed by atoms with Gasteiger partial charge in [-0.15, -0.1) is 0 Å². The first-order valence-corrected chi connectivity index (χ1v) is 10.5. The van der Waals surface area contributed by atoms with Crippen molar-refractivity contribution < 1.29 is 9.59 Å². The van der Waals surface area contributed by atoms with Gasteiger partial charge in [0, 0.05) is 28.4 Å². The first-order valence-electron chi connectivity index (χ1n) is 9.74. The molecule has 26 heavy (non-hydrogen) atoms. The number of rotatable bonds is 7. The summed E-state index contributed by atoms with van der Waals surface area (Å²) in [4.78, 5) is 25.0. The van der Waals surface area contributed by atoms with Crippen molar-refractivity contribution in [3.05, 3.63) is 34.3 Å². The van der Waals surface area contributed by atoms with E-state index in [4.69, 9.17) is 0 Å². The van der Waals surface area contributed by atoms with Crippen LogP contribution in [0.1, 0.15) is 58.4 Å². The van der Waals surface area contributed by atoms with Crippen LogP contribution in [0.2, 0.25) is 0 Å². The van der Waals surface area contributed by atoms with Gasteiger partial charge in [-0.3, -0.25) is 9.59 Å². The predicted octanol–water partition coefficient (Wildman–Crippen LogP) is 4.22. The zero-order chi connectivity index (χ0) is 19.1. The maximum absolute atomic E-state index is 12.8. The van der Waals surface area contributed by atoms with Crippen LogP contribution in [0.25, 0.3) is 0 Å². The van der Waals surface area contributed by atoms with Gasteiger partial charge in [0.05, 0.1) is 0 Å². The number of halogens is 1. The van der Waals surface area contributed by atoms with Crippen LogP contribution < -0.4 is 10.6 Å². The minimum absolute atomic E-state index is 0.0154. The second-order valence-electron chi connectivity index (χ2n) is 7.67. The van der Waals surface area contributed by atoms with E-state index in [1.54, 1.807) is 0 Å². The summed E-state index contributed by atoms with van der Waals surface area (Å²) in [6.45, 7) is 6.02. The Bertz CT molecular complexity index is 618. The molecule has 0 radical (unpaired) electrons. The van der Waals surface area contributed by atoms with Crippen LogP contribution in [-0.2, 0) is 16.0 Å². The van der Waals surface area contributed by atoms with Gasteiger partial charge in [-0.25, -0.2) is 0 Å². The second kappa shape index (κ2) is 10.1. The van der Waals surface area contributed by atoms with Gasteiger partial charge in [0.15, 0.2) is 0 Å². The van der Waals surface area contributed by atoms with E-state index in [0.29, 0.717) is 0 Å². The Morgan fingerprint density at radius 3 is 2.69 bits per heavy atom. The molecule has 2 N–H and O–H groups in total. The quantitative estimate of drug-likeness (QED) is 0.690. The lowest BCUT2D eigenvalue weighted by atomic mass is 9.84. The Morgan fingerprint density at radius 2 is 2.04 bits per heavy atom. The fraction of sp³-hybridized carbons (Fsp3) is 0.619. The van der Waals surface area contributed by atoms with Gasteiger partial charge in [0.25, 0.3) is 0 Å². The number of carbonyl (C=O) groups excluding carboxylic acids is 2. The molecule has 0 bridgehead atoms. The lowest BCUT2D eigenvalue weighted by molar-refractivity contribution is -0.129. The van der Waals surface area contributed by atoms with Crippen molar-refractivity contribution in [2.45, 2.75) is 71.4 Å². The third kappa shape index (κ3) is 6.42. The first kappa shape index (κ1) is 20.9. The number of hydrogen-bond acceptors (Lipinski definition) is 2. The maximum atomic E-state index is 12.8. The Labute approximate surface area is 165 Å². The third-order valence-corrected chi connectivity index (χ3v) is 5.55. The van der Waals surface area contributed by atoms with Gasteiger partial charge in [-0.05, 0) is 63.6 Å². The molecule has 2 rings (SSSR count). The molecular weight excluding hydrogens is 392 g/mol. The van der Waals surface area contributed by atoms with Gasteiger partial charge < -0.3 is 10.6 Å². The molecule has 3 unspecified atom stereocenters. The Balaban J connectivity index is 1.91. The van der Waals surface area contributed by atoms with E-state index in [0.717, 1.165) is 43.0 Å². The lowest BCUT2D eigenvalue weighted by Crippen LogP contribution is -2.45. The van der Waals surface area contributed by atoms with Crippen molar-refractivity contribution in [3.63, 3.8) is 0 Å². The van der Waals surface area contributed by atoms with E-state index in [1.807, 2.05) is 26.0 Å². The molecule has 4 nitrogen and oxygen atoms in total. The minimum Gasteiger partial charge on any atom is -0.354 e. The van der Waals surface area contributed by atoms with Gasteiger partial charge >= 0.3 is 0 Å². The highest BCUT2D eigenvalue weighted by atomic mass is 79.9. The fourth-order valence-electron chi connectivity index (χ4n) is 3.65. The number of benzene rings is 1. The Kier molecular flexibility index (Phi) is 8.14. The van der Waals surface area contributed by atoms with Gasteiger partial charge in [-0.1, -0.05) is 41.4 Å². The molecule has 1 aromatic carbocycles.